The van der Waals surface area contributed by atoms with Gasteiger partial charge in [0.15, 0.2) is 0 Å². The van der Waals surface area contributed by atoms with Crippen LogP contribution >= 0.6 is 0 Å². The van der Waals surface area contributed by atoms with Crippen molar-refractivity contribution in [2.75, 3.05) is 18.0 Å². The first-order valence-corrected chi connectivity index (χ1v) is 8.24. The molecule has 132 valence electrons. The van der Waals surface area contributed by atoms with E-state index in [0.29, 0.717) is 6.54 Å². The molecule has 2 aromatic carbocycles. The Morgan fingerprint density at radius 1 is 1.04 bits per heavy atom. The molecule has 6 heteroatoms. The molecule has 0 aliphatic carbocycles. The van der Waals surface area contributed by atoms with Crippen molar-refractivity contribution in [3.8, 4) is 0 Å². The SMILES string of the molecule is NC1CN=C(c2ccccc2)c2ccccc2N1CCCC(F)(F)F. The van der Waals surface area contributed by atoms with Crippen LogP contribution < -0.4 is 10.6 Å². The highest BCUT2D eigenvalue weighted by Crippen LogP contribution is 2.29. The van der Waals surface area contributed by atoms with E-state index in [1.165, 1.54) is 0 Å². The Kier molecular flexibility index (Phi) is 5.08. The van der Waals surface area contributed by atoms with Crippen LogP contribution in [0.15, 0.2) is 59.6 Å². The second-order valence-corrected chi connectivity index (χ2v) is 6.05. The Morgan fingerprint density at radius 3 is 2.44 bits per heavy atom. The fourth-order valence-electron chi connectivity index (χ4n) is 3.05. The molecular formula is C19H20F3N3. The molecule has 0 amide bonds. The molecule has 0 saturated carbocycles. The highest BCUT2D eigenvalue weighted by Gasteiger charge is 2.28. The van der Waals surface area contributed by atoms with E-state index in [2.05, 4.69) is 4.99 Å². The van der Waals surface area contributed by atoms with Crippen LogP contribution in [0.3, 0.4) is 0 Å². The second-order valence-electron chi connectivity index (χ2n) is 6.05. The van der Waals surface area contributed by atoms with Gasteiger partial charge in [-0.15, -0.1) is 0 Å². The summed E-state index contributed by atoms with van der Waals surface area (Å²) >= 11 is 0. The maximum atomic E-state index is 12.5. The predicted molar refractivity (Wildman–Crippen MR) is 94.0 cm³/mol. The maximum Gasteiger partial charge on any atom is 0.389 e. The number of benzodiazepines with no additional fused rings is 1. The van der Waals surface area contributed by atoms with E-state index in [1.807, 2.05) is 59.5 Å². The van der Waals surface area contributed by atoms with Gasteiger partial charge < -0.3 is 10.6 Å². The monoisotopic (exact) mass is 347 g/mol. The topological polar surface area (TPSA) is 41.6 Å². The van der Waals surface area contributed by atoms with Gasteiger partial charge in [-0.2, -0.15) is 13.2 Å². The van der Waals surface area contributed by atoms with Crippen LogP contribution in [0.4, 0.5) is 18.9 Å². The molecule has 0 saturated heterocycles. The molecule has 0 fully saturated rings. The average molecular weight is 347 g/mol. The normalized spacial score (nSPS) is 17.7. The van der Waals surface area contributed by atoms with Crippen molar-refractivity contribution in [3.63, 3.8) is 0 Å². The van der Waals surface area contributed by atoms with Gasteiger partial charge in [-0.25, -0.2) is 0 Å². The lowest BCUT2D eigenvalue weighted by Gasteiger charge is -2.30. The van der Waals surface area contributed by atoms with E-state index in [1.54, 1.807) is 0 Å². The molecule has 1 atom stereocenters. The van der Waals surface area contributed by atoms with Gasteiger partial charge in [0.25, 0.3) is 0 Å². The third-order valence-electron chi connectivity index (χ3n) is 4.21. The number of nitrogens with zero attached hydrogens (tertiary/aromatic N) is 2. The number of anilines is 1. The van der Waals surface area contributed by atoms with E-state index < -0.39 is 18.8 Å². The summed E-state index contributed by atoms with van der Waals surface area (Å²) in [7, 11) is 0. The van der Waals surface area contributed by atoms with Crippen molar-refractivity contribution in [3.05, 3.63) is 65.7 Å². The number of nitrogens with two attached hydrogens (primary N) is 1. The molecule has 0 aromatic heterocycles. The summed E-state index contributed by atoms with van der Waals surface area (Å²) < 4.78 is 37.5. The molecular weight excluding hydrogens is 327 g/mol. The number of rotatable bonds is 4. The molecule has 1 heterocycles. The number of hydrogen-bond donors (Lipinski definition) is 1. The van der Waals surface area contributed by atoms with Gasteiger partial charge in [0.2, 0.25) is 0 Å². The maximum absolute atomic E-state index is 12.5. The lowest BCUT2D eigenvalue weighted by atomic mass is 10.00. The highest BCUT2D eigenvalue weighted by atomic mass is 19.4. The first-order valence-electron chi connectivity index (χ1n) is 8.24. The molecule has 0 bridgehead atoms. The van der Waals surface area contributed by atoms with Gasteiger partial charge >= 0.3 is 6.18 Å². The first-order chi connectivity index (χ1) is 12.0. The first kappa shape index (κ1) is 17.5. The summed E-state index contributed by atoms with van der Waals surface area (Å²) in [5.41, 5.74) is 9.74. The van der Waals surface area contributed by atoms with E-state index in [9.17, 15) is 13.2 Å². The van der Waals surface area contributed by atoms with Crippen molar-refractivity contribution in [1.82, 2.24) is 0 Å². The zero-order chi connectivity index (χ0) is 17.9. The van der Waals surface area contributed by atoms with Crippen molar-refractivity contribution in [2.24, 2.45) is 10.7 Å². The summed E-state index contributed by atoms with van der Waals surface area (Å²) in [5, 5.41) is 0. The summed E-state index contributed by atoms with van der Waals surface area (Å²) in [6, 6.07) is 17.4. The summed E-state index contributed by atoms with van der Waals surface area (Å²) in [6.07, 6.45) is -5.41. The van der Waals surface area contributed by atoms with Crippen LogP contribution in [-0.2, 0) is 0 Å². The molecule has 3 nitrogen and oxygen atoms in total. The van der Waals surface area contributed by atoms with E-state index in [-0.39, 0.29) is 13.0 Å². The summed E-state index contributed by atoms with van der Waals surface area (Å²) in [4.78, 5) is 6.48. The van der Waals surface area contributed by atoms with E-state index >= 15 is 0 Å². The van der Waals surface area contributed by atoms with Gasteiger partial charge in [0.05, 0.1) is 18.4 Å². The van der Waals surface area contributed by atoms with Gasteiger partial charge in [-0.1, -0.05) is 48.5 Å². The van der Waals surface area contributed by atoms with Crippen molar-refractivity contribution < 1.29 is 13.2 Å². The smallest absolute Gasteiger partial charge is 0.354 e. The standard InChI is InChI=1S/C19H20F3N3/c20-19(21,22)11-6-12-25-16-10-5-4-9-15(16)18(24-13-17(25)23)14-7-2-1-3-8-14/h1-5,7-10,17H,6,11-13,23H2. The minimum Gasteiger partial charge on any atom is -0.354 e. The molecule has 1 unspecified atom stereocenters. The zero-order valence-electron chi connectivity index (χ0n) is 13.7. The zero-order valence-corrected chi connectivity index (χ0v) is 13.7. The number of fused-ring (bicyclic) bond motifs is 1. The van der Waals surface area contributed by atoms with Crippen LogP contribution in [0.25, 0.3) is 0 Å². The minimum absolute atomic E-state index is 0.00616. The quantitative estimate of drug-likeness (QED) is 0.909. The molecule has 1 aliphatic heterocycles. The Morgan fingerprint density at radius 2 is 1.72 bits per heavy atom. The molecule has 0 spiro atoms. The Hall–Kier alpha value is -2.34. The molecule has 2 aromatic rings. The molecule has 25 heavy (non-hydrogen) atoms. The largest absolute Gasteiger partial charge is 0.389 e. The van der Waals surface area contributed by atoms with E-state index in [0.717, 1.165) is 22.5 Å². The predicted octanol–water partition coefficient (Wildman–Crippen LogP) is 3.97. The molecule has 3 rings (SSSR count). The number of aliphatic imine (C=N–C) groups is 1. The Balaban J connectivity index is 1.92. The third-order valence-corrected chi connectivity index (χ3v) is 4.21. The van der Waals surface area contributed by atoms with Crippen LogP contribution in [0.5, 0.6) is 0 Å². The van der Waals surface area contributed by atoms with Crippen LogP contribution in [0, 0.1) is 0 Å². The minimum atomic E-state index is -4.15. The van der Waals surface area contributed by atoms with Gasteiger partial charge in [-0.05, 0) is 12.5 Å². The van der Waals surface area contributed by atoms with Gasteiger partial charge in [-0.3, -0.25) is 4.99 Å². The lowest BCUT2D eigenvalue weighted by Crippen LogP contribution is -2.44. The fourth-order valence-corrected chi connectivity index (χ4v) is 3.05. The van der Waals surface area contributed by atoms with Crippen LogP contribution in [0.2, 0.25) is 0 Å². The summed E-state index contributed by atoms with van der Waals surface area (Å²) in [6.45, 7) is 0.584. The number of hydrogen-bond acceptors (Lipinski definition) is 3. The number of benzene rings is 2. The average Bonchev–Trinajstić information content (AvgIpc) is 2.72. The van der Waals surface area contributed by atoms with Crippen molar-refractivity contribution in [1.29, 1.82) is 0 Å². The van der Waals surface area contributed by atoms with Gasteiger partial charge in [0, 0.05) is 29.8 Å². The Labute approximate surface area is 145 Å². The van der Waals surface area contributed by atoms with Crippen LogP contribution in [-0.4, -0.2) is 31.1 Å². The van der Waals surface area contributed by atoms with Gasteiger partial charge in [0.1, 0.15) is 0 Å². The highest BCUT2D eigenvalue weighted by molar-refractivity contribution is 6.16. The van der Waals surface area contributed by atoms with E-state index in [4.69, 9.17) is 5.73 Å². The molecule has 2 N–H and O–H groups in total. The second kappa shape index (κ2) is 7.27. The Bertz CT molecular complexity index is 741. The number of alkyl halides is 3. The van der Waals surface area contributed by atoms with Crippen LogP contribution in [0.1, 0.15) is 24.0 Å². The molecule has 1 aliphatic rings. The van der Waals surface area contributed by atoms with Crippen molar-refractivity contribution >= 4 is 11.4 Å². The fraction of sp³-hybridized carbons (Fsp3) is 0.316. The summed E-state index contributed by atoms with van der Waals surface area (Å²) in [5.74, 6) is 0. The third kappa shape index (κ3) is 4.20. The lowest BCUT2D eigenvalue weighted by molar-refractivity contribution is -0.135. The van der Waals surface area contributed by atoms with Crippen molar-refractivity contribution in [2.45, 2.75) is 25.2 Å². The number of para-hydroxylation sites is 1. The molecule has 0 radical (unpaired) electrons. The number of halogens is 3.